The molecule has 1 aliphatic rings. The second-order valence-corrected chi connectivity index (χ2v) is 8.23. The monoisotopic (exact) mass is 416 g/mol. The van der Waals surface area contributed by atoms with Crippen molar-refractivity contribution < 1.29 is 9.53 Å². The Morgan fingerprint density at radius 3 is 2.32 bits per heavy atom. The van der Waals surface area contributed by atoms with Crippen molar-refractivity contribution in [3.63, 3.8) is 0 Å². The first-order chi connectivity index (χ1) is 15.0. The number of methoxy groups -OCH3 is 1. The van der Waals surface area contributed by atoms with E-state index < -0.39 is 5.91 Å². The van der Waals surface area contributed by atoms with Crippen LogP contribution < -0.4 is 15.6 Å². The quantitative estimate of drug-likeness (QED) is 0.564. The molecule has 1 fully saturated rings. The molecule has 0 aliphatic heterocycles. The van der Waals surface area contributed by atoms with Gasteiger partial charge in [0.1, 0.15) is 11.3 Å². The van der Waals surface area contributed by atoms with Crippen LogP contribution in [0.1, 0.15) is 59.6 Å². The number of rotatable bonds is 5. The van der Waals surface area contributed by atoms with Crippen molar-refractivity contribution in [2.24, 2.45) is 0 Å². The van der Waals surface area contributed by atoms with E-state index in [2.05, 4.69) is 10.3 Å². The summed E-state index contributed by atoms with van der Waals surface area (Å²) in [5, 5.41) is 2.86. The van der Waals surface area contributed by atoms with Gasteiger partial charge in [0.2, 0.25) is 0 Å². The number of hydrogen-bond donors (Lipinski definition) is 2. The molecule has 3 aromatic rings. The van der Waals surface area contributed by atoms with E-state index in [4.69, 9.17) is 4.74 Å². The molecule has 31 heavy (non-hydrogen) atoms. The topological polar surface area (TPSA) is 71.2 Å². The Morgan fingerprint density at radius 1 is 1.00 bits per heavy atom. The highest BCUT2D eigenvalue weighted by Gasteiger charge is 2.23. The minimum absolute atomic E-state index is 0.138. The van der Waals surface area contributed by atoms with E-state index in [9.17, 15) is 9.59 Å². The Labute approximate surface area is 182 Å². The Hall–Kier alpha value is -3.34. The van der Waals surface area contributed by atoms with Crippen LogP contribution in [0.25, 0.3) is 11.1 Å². The molecule has 1 amide bonds. The van der Waals surface area contributed by atoms with E-state index >= 15 is 0 Å². The second kappa shape index (κ2) is 9.21. The zero-order valence-corrected chi connectivity index (χ0v) is 18.0. The number of aryl methyl sites for hydroxylation is 1. The summed E-state index contributed by atoms with van der Waals surface area (Å²) in [6.07, 6.45) is 5.73. The van der Waals surface area contributed by atoms with Gasteiger partial charge in [-0.3, -0.25) is 9.59 Å². The van der Waals surface area contributed by atoms with Crippen LogP contribution in [0.5, 0.6) is 5.75 Å². The van der Waals surface area contributed by atoms with Gasteiger partial charge in [0.25, 0.3) is 11.5 Å². The van der Waals surface area contributed by atoms with Crippen LogP contribution >= 0.6 is 0 Å². The fourth-order valence-electron chi connectivity index (χ4n) is 4.27. The third kappa shape index (κ3) is 4.71. The predicted octanol–water partition coefficient (Wildman–Crippen LogP) is 5.66. The Balaban J connectivity index is 1.74. The first-order valence-corrected chi connectivity index (χ1v) is 10.8. The summed E-state index contributed by atoms with van der Waals surface area (Å²) >= 11 is 0. The molecule has 5 heteroatoms. The van der Waals surface area contributed by atoms with Crippen LogP contribution in [0.15, 0.2) is 59.4 Å². The maximum atomic E-state index is 13.2. The van der Waals surface area contributed by atoms with Gasteiger partial charge < -0.3 is 15.0 Å². The maximum absolute atomic E-state index is 13.2. The number of pyridine rings is 1. The van der Waals surface area contributed by atoms with Gasteiger partial charge in [-0.25, -0.2) is 0 Å². The Bertz CT molecular complexity index is 1110. The molecule has 1 aromatic heterocycles. The SMILES string of the molecule is COc1ccc(NC(=O)c2c(-c3ccc(C)cc3)cc(C3CCCCC3)[nH]c2=O)cc1. The van der Waals surface area contributed by atoms with Crippen LogP contribution in [0.2, 0.25) is 0 Å². The van der Waals surface area contributed by atoms with Crippen molar-refractivity contribution in [3.8, 4) is 16.9 Å². The predicted molar refractivity (Wildman–Crippen MR) is 124 cm³/mol. The molecule has 2 N–H and O–H groups in total. The number of carbonyl (C=O) groups is 1. The van der Waals surface area contributed by atoms with Crippen LogP contribution in [0.3, 0.4) is 0 Å². The molecule has 1 aliphatic carbocycles. The molecular weight excluding hydrogens is 388 g/mol. The third-order valence-electron chi connectivity index (χ3n) is 6.04. The molecule has 0 radical (unpaired) electrons. The molecule has 2 aromatic carbocycles. The van der Waals surface area contributed by atoms with Gasteiger partial charge in [0, 0.05) is 16.9 Å². The largest absolute Gasteiger partial charge is 0.497 e. The van der Waals surface area contributed by atoms with Gasteiger partial charge in [-0.1, -0.05) is 49.1 Å². The summed E-state index contributed by atoms with van der Waals surface area (Å²) in [4.78, 5) is 29.3. The fraction of sp³-hybridized carbons (Fsp3) is 0.308. The molecule has 0 atom stereocenters. The van der Waals surface area contributed by atoms with E-state index in [0.717, 1.165) is 29.7 Å². The molecule has 1 saturated carbocycles. The highest BCUT2D eigenvalue weighted by molar-refractivity contribution is 6.08. The number of aromatic nitrogens is 1. The first-order valence-electron chi connectivity index (χ1n) is 10.8. The number of hydrogen-bond acceptors (Lipinski definition) is 3. The number of ether oxygens (including phenoxy) is 1. The van der Waals surface area contributed by atoms with E-state index in [1.807, 2.05) is 37.3 Å². The third-order valence-corrected chi connectivity index (χ3v) is 6.04. The van der Waals surface area contributed by atoms with Crippen molar-refractivity contribution in [2.75, 3.05) is 12.4 Å². The van der Waals surface area contributed by atoms with Gasteiger partial charge in [-0.2, -0.15) is 0 Å². The molecule has 1 heterocycles. The van der Waals surface area contributed by atoms with Crippen molar-refractivity contribution in [3.05, 3.63) is 81.8 Å². The lowest BCUT2D eigenvalue weighted by molar-refractivity contribution is 0.102. The molecule has 4 rings (SSSR count). The molecule has 0 saturated heterocycles. The first kappa shape index (κ1) is 20.9. The number of H-pyrrole nitrogens is 1. The molecule has 0 bridgehead atoms. The number of anilines is 1. The minimum atomic E-state index is -0.419. The number of carbonyl (C=O) groups excluding carboxylic acids is 1. The molecule has 5 nitrogen and oxygen atoms in total. The van der Waals surface area contributed by atoms with Gasteiger partial charge >= 0.3 is 0 Å². The van der Waals surface area contributed by atoms with Crippen LogP contribution in [-0.4, -0.2) is 18.0 Å². The smallest absolute Gasteiger partial charge is 0.261 e. The van der Waals surface area contributed by atoms with Crippen LogP contribution in [0, 0.1) is 6.92 Å². The number of amides is 1. The van der Waals surface area contributed by atoms with E-state index in [1.54, 1.807) is 31.4 Å². The van der Waals surface area contributed by atoms with Crippen molar-refractivity contribution >= 4 is 11.6 Å². The summed E-state index contributed by atoms with van der Waals surface area (Å²) in [5.74, 6) is 0.620. The molecular formula is C26H28N2O3. The maximum Gasteiger partial charge on any atom is 0.261 e. The lowest BCUT2D eigenvalue weighted by atomic mass is 9.85. The average Bonchev–Trinajstić information content (AvgIpc) is 2.80. The van der Waals surface area contributed by atoms with Crippen molar-refractivity contribution in [2.45, 2.75) is 44.9 Å². The summed E-state index contributed by atoms with van der Waals surface area (Å²) in [5.41, 5.74) is 4.01. The normalized spacial score (nSPS) is 14.3. The van der Waals surface area contributed by atoms with Crippen LogP contribution in [0.4, 0.5) is 5.69 Å². The van der Waals surface area contributed by atoms with Gasteiger partial charge in [0.05, 0.1) is 7.11 Å². The second-order valence-electron chi connectivity index (χ2n) is 8.23. The fourth-order valence-corrected chi connectivity index (χ4v) is 4.27. The summed E-state index contributed by atoms with van der Waals surface area (Å²) in [6.45, 7) is 2.02. The summed E-state index contributed by atoms with van der Waals surface area (Å²) < 4.78 is 5.17. The summed E-state index contributed by atoms with van der Waals surface area (Å²) in [6, 6.07) is 17.0. The minimum Gasteiger partial charge on any atom is -0.497 e. The number of nitrogens with one attached hydrogen (secondary N) is 2. The molecule has 0 unspecified atom stereocenters. The zero-order chi connectivity index (χ0) is 21.8. The van der Waals surface area contributed by atoms with E-state index in [0.29, 0.717) is 22.9 Å². The van der Waals surface area contributed by atoms with Gasteiger partial charge in [-0.05, 0) is 61.6 Å². The molecule has 160 valence electrons. The van der Waals surface area contributed by atoms with Crippen LogP contribution in [-0.2, 0) is 0 Å². The lowest BCUT2D eigenvalue weighted by Gasteiger charge is -2.23. The van der Waals surface area contributed by atoms with E-state index in [-0.39, 0.29) is 11.1 Å². The van der Waals surface area contributed by atoms with Crippen molar-refractivity contribution in [1.82, 2.24) is 4.98 Å². The zero-order valence-electron chi connectivity index (χ0n) is 18.0. The standard InChI is InChI=1S/C26H28N2O3/c1-17-8-10-18(11-9-17)22-16-23(19-6-4-3-5-7-19)28-26(30)24(22)25(29)27-20-12-14-21(31-2)15-13-20/h8-16,19H,3-7H2,1-2H3,(H,27,29)(H,28,30). The molecule has 0 spiro atoms. The Morgan fingerprint density at radius 2 is 1.68 bits per heavy atom. The highest BCUT2D eigenvalue weighted by atomic mass is 16.5. The van der Waals surface area contributed by atoms with E-state index in [1.165, 1.54) is 19.3 Å². The Kier molecular flexibility index (Phi) is 6.21. The highest BCUT2D eigenvalue weighted by Crippen LogP contribution is 2.33. The summed E-state index contributed by atoms with van der Waals surface area (Å²) in [7, 11) is 1.59. The van der Waals surface area contributed by atoms with Crippen molar-refractivity contribution in [1.29, 1.82) is 0 Å². The van der Waals surface area contributed by atoms with Gasteiger partial charge in [-0.15, -0.1) is 0 Å². The number of benzene rings is 2. The average molecular weight is 417 g/mol. The van der Waals surface area contributed by atoms with Gasteiger partial charge in [0.15, 0.2) is 0 Å². The number of aromatic amines is 1. The lowest BCUT2D eigenvalue weighted by Crippen LogP contribution is -2.26.